The summed E-state index contributed by atoms with van der Waals surface area (Å²) in [5.41, 5.74) is 0.146. The monoisotopic (exact) mass is 362 g/mol. The van der Waals surface area contributed by atoms with E-state index in [-0.39, 0.29) is 20.8 Å². The van der Waals surface area contributed by atoms with Crippen molar-refractivity contribution in [2.75, 3.05) is 24.6 Å². The summed E-state index contributed by atoms with van der Waals surface area (Å²) in [4.78, 5) is 3.65. The predicted molar refractivity (Wildman–Crippen MR) is 84.5 cm³/mol. The van der Waals surface area contributed by atoms with Crippen molar-refractivity contribution in [2.24, 2.45) is 0 Å². The number of rotatable bonds is 2. The van der Waals surface area contributed by atoms with E-state index < -0.39 is 21.6 Å². The van der Waals surface area contributed by atoms with Gasteiger partial charge in [-0.1, -0.05) is 11.6 Å². The number of aromatic nitrogens is 1. The van der Waals surface area contributed by atoms with E-state index >= 15 is 0 Å². The van der Waals surface area contributed by atoms with E-state index in [1.807, 2.05) is 0 Å². The Bertz CT molecular complexity index is 839. The SMILES string of the molecule is O=S(=O)(c1cnc2cc(F)c(Cl)cc2c1O)N1CCSCC1. The minimum Gasteiger partial charge on any atom is -0.506 e. The second kappa shape index (κ2) is 5.84. The normalized spacial score (nSPS) is 17.0. The number of sulfonamides is 1. The fourth-order valence-electron chi connectivity index (χ4n) is 2.27. The van der Waals surface area contributed by atoms with Gasteiger partial charge in [0.1, 0.15) is 16.5 Å². The molecule has 2 aromatic rings. The molecule has 0 bridgehead atoms. The molecule has 9 heteroatoms. The summed E-state index contributed by atoms with van der Waals surface area (Å²) in [6.07, 6.45) is 1.06. The van der Waals surface area contributed by atoms with Gasteiger partial charge in [-0.05, 0) is 6.07 Å². The lowest BCUT2D eigenvalue weighted by molar-refractivity contribution is 0.429. The van der Waals surface area contributed by atoms with Crippen molar-refractivity contribution in [3.05, 3.63) is 29.2 Å². The van der Waals surface area contributed by atoms with Gasteiger partial charge in [-0.2, -0.15) is 16.1 Å². The maximum atomic E-state index is 13.4. The molecule has 3 rings (SSSR count). The number of nitrogens with zero attached hydrogens (tertiary/aromatic N) is 2. The standard InChI is InChI=1S/C13H12ClFN2O3S2/c14-9-5-8-11(6-10(9)15)16-7-12(13(8)18)22(19,20)17-1-3-21-4-2-17/h5-7H,1-4H2,(H,16,18). The zero-order valence-electron chi connectivity index (χ0n) is 11.3. The zero-order valence-corrected chi connectivity index (χ0v) is 13.7. The smallest absolute Gasteiger partial charge is 0.248 e. The van der Waals surface area contributed by atoms with E-state index in [1.54, 1.807) is 11.8 Å². The Morgan fingerprint density at radius 3 is 2.68 bits per heavy atom. The maximum absolute atomic E-state index is 13.4. The van der Waals surface area contributed by atoms with Gasteiger partial charge >= 0.3 is 0 Å². The van der Waals surface area contributed by atoms with Gasteiger partial charge in [-0.15, -0.1) is 0 Å². The summed E-state index contributed by atoms with van der Waals surface area (Å²) < 4.78 is 40.0. The van der Waals surface area contributed by atoms with Crippen LogP contribution in [0.1, 0.15) is 0 Å². The first-order valence-electron chi connectivity index (χ1n) is 6.46. The van der Waals surface area contributed by atoms with E-state index in [0.717, 1.165) is 12.3 Å². The number of hydrogen-bond acceptors (Lipinski definition) is 5. The van der Waals surface area contributed by atoms with E-state index in [9.17, 15) is 17.9 Å². The van der Waals surface area contributed by atoms with Crippen LogP contribution in [0.15, 0.2) is 23.2 Å². The van der Waals surface area contributed by atoms with Crippen LogP contribution in [0.3, 0.4) is 0 Å². The molecule has 1 N–H and O–H groups in total. The lowest BCUT2D eigenvalue weighted by Crippen LogP contribution is -2.37. The van der Waals surface area contributed by atoms with Gasteiger partial charge < -0.3 is 5.11 Å². The molecule has 1 aliphatic heterocycles. The lowest BCUT2D eigenvalue weighted by Gasteiger charge is -2.25. The molecular formula is C13H12ClFN2O3S2. The Hall–Kier alpha value is -1.09. The lowest BCUT2D eigenvalue weighted by atomic mass is 10.2. The van der Waals surface area contributed by atoms with Crippen LogP contribution in [-0.4, -0.2) is 47.4 Å². The van der Waals surface area contributed by atoms with Gasteiger partial charge in [0.15, 0.2) is 0 Å². The molecule has 0 aliphatic carbocycles. The minimum absolute atomic E-state index is 0.110. The Kier molecular flexibility index (Phi) is 4.19. The van der Waals surface area contributed by atoms with Crippen molar-refractivity contribution < 1.29 is 17.9 Å². The quantitative estimate of drug-likeness (QED) is 0.888. The number of hydrogen-bond donors (Lipinski definition) is 1. The third kappa shape index (κ3) is 2.64. The number of pyridine rings is 1. The maximum Gasteiger partial charge on any atom is 0.248 e. The first kappa shape index (κ1) is 15.8. The summed E-state index contributed by atoms with van der Waals surface area (Å²) in [5.74, 6) is 0.283. The fourth-order valence-corrected chi connectivity index (χ4v) is 5.05. The van der Waals surface area contributed by atoms with Crippen molar-refractivity contribution in [3.8, 4) is 5.75 Å². The van der Waals surface area contributed by atoms with Crippen LogP contribution in [0.5, 0.6) is 5.75 Å². The molecule has 1 aromatic heterocycles. The predicted octanol–water partition coefficient (Wildman–Crippen LogP) is 2.47. The number of fused-ring (bicyclic) bond motifs is 1. The molecule has 118 valence electrons. The molecule has 1 aliphatic rings. The number of aromatic hydroxyl groups is 1. The van der Waals surface area contributed by atoms with Crippen molar-refractivity contribution in [1.29, 1.82) is 0 Å². The van der Waals surface area contributed by atoms with Crippen molar-refractivity contribution in [2.45, 2.75) is 4.90 Å². The highest BCUT2D eigenvalue weighted by molar-refractivity contribution is 7.99. The van der Waals surface area contributed by atoms with Gasteiger partial charge in [0.2, 0.25) is 10.0 Å². The summed E-state index contributed by atoms with van der Waals surface area (Å²) >= 11 is 7.38. The number of benzene rings is 1. The van der Waals surface area contributed by atoms with Crippen LogP contribution in [0.4, 0.5) is 4.39 Å². The summed E-state index contributed by atoms with van der Waals surface area (Å²) in [6, 6.07) is 2.24. The molecule has 5 nitrogen and oxygen atoms in total. The number of thioether (sulfide) groups is 1. The van der Waals surface area contributed by atoms with E-state index in [0.29, 0.717) is 24.6 Å². The van der Waals surface area contributed by atoms with E-state index in [2.05, 4.69) is 4.98 Å². The highest BCUT2D eigenvalue weighted by Gasteiger charge is 2.30. The summed E-state index contributed by atoms with van der Waals surface area (Å²) in [6.45, 7) is 0.767. The molecule has 0 amide bonds. The van der Waals surface area contributed by atoms with Crippen molar-refractivity contribution in [3.63, 3.8) is 0 Å². The van der Waals surface area contributed by atoms with Crippen molar-refractivity contribution >= 4 is 44.3 Å². The molecule has 0 spiro atoms. The Balaban J connectivity index is 2.15. The van der Waals surface area contributed by atoms with E-state index in [1.165, 1.54) is 10.4 Å². The van der Waals surface area contributed by atoms with Gasteiger partial charge in [0.25, 0.3) is 0 Å². The average Bonchev–Trinajstić information content (AvgIpc) is 2.50. The third-order valence-electron chi connectivity index (χ3n) is 3.44. The van der Waals surface area contributed by atoms with Crippen LogP contribution in [0.25, 0.3) is 10.9 Å². The van der Waals surface area contributed by atoms with Gasteiger partial charge in [0, 0.05) is 36.0 Å². The molecule has 1 saturated heterocycles. The summed E-state index contributed by atoms with van der Waals surface area (Å²) in [5, 5.41) is 10.2. The molecule has 0 saturated carbocycles. The van der Waals surface area contributed by atoms with Gasteiger partial charge in [-0.3, -0.25) is 4.98 Å². The van der Waals surface area contributed by atoms with Gasteiger partial charge in [0.05, 0.1) is 16.7 Å². The first-order chi connectivity index (χ1) is 10.4. The zero-order chi connectivity index (χ0) is 15.9. The van der Waals surface area contributed by atoms with Crippen LogP contribution < -0.4 is 0 Å². The summed E-state index contributed by atoms with van der Waals surface area (Å²) in [7, 11) is -3.84. The van der Waals surface area contributed by atoms with Crippen LogP contribution in [0, 0.1) is 5.82 Å². The second-order valence-electron chi connectivity index (χ2n) is 4.77. The van der Waals surface area contributed by atoms with Gasteiger partial charge in [-0.25, -0.2) is 12.8 Å². The first-order valence-corrected chi connectivity index (χ1v) is 9.43. The minimum atomic E-state index is -3.84. The average molecular weight is 363 g/mol. The highest BCUT2D eigenvalue weighted by atomic mass is 35.5. The molecule has 2 heterocycles. The largest absolute Gasteiger partial charge is 0.506 e. The van der Waals surface area contributed by atoms with Crippen LogP contribution in [0.2, 0.25) is 5.02 Å². The molecule has 1 fully saturated rings. The third-order valence-corrected chi connectivity index (χ3v) is 6.57. The molecule has 22 heavy (non-hydrogen) atoms. The van der Waals surface area contributed by atoms with E-state index in [4.69, 9.17) is 11.6 Å². The second-order valence-corrected chi connectivity index (χ2v) is 8.31. The van der Waals surface area contributed by atoms with Crippen molar-refractivity contribution in [1.82, 2.24) is 9.29 Å². The number of halogens is 2. The topological polar surface area (TPSA) is 70.5 Å². The molecule has 0 atom stereocenters. The van der Waals surface area contributed by atoms with Crippen LogP contribution in [-0.2, 0) is 10.0 Å². The Labute approximate surface area is 136 Å². The molecule has 0 unspecified atom stereocenters. The molecule has 1 aromatic carbocycles. The Morgan fingerprint density at radius 1 is 1.32 bits per heavy atom. The molecule has 0 radical (unpaired) electrons. The Morgan fingerprint density at radius 2 is 2.00 bits per heavy atom. The fraction of sp³-hybridized carbons (Fsp3) is 0.308. The molecular weight excluding hydrogens is 351 g/mol. The highest BCUT2D eigenvalue weighted by Crippen LogP contribution is 2.34. The van der Waals surface area contributed by atoms with Crippen LogP contribution >= 0.6 is 23.4 Å².